The summed E-state index contributed by atoms with van der Waals surface area (Å²) < 4.78 is 40.0. The number of aryl methyl sites for hydroxylation is 1. The Hall–Kier alpha value is -2.58. The van der Waals surface area contributed by atoms with Crippen molar-refractivity contribution in [3.05, 3.63) is 62.1 Å². The van der Waals surface area contributed by atoms with Gasteiger partial charge in [-0.2, -0.15) is 13.2 Å². The molecule has 3 atom stereocenters. The van der Waals surface area contributed by atoms with E-state index in [1.165, 1.54) is 0 Å². The number of carboxylic acid groups (broad SMARTS) is 1. The van der Waals surface area contributed by atoms with Gasteiger partial charge in [-0.25, -0.2) is 0 Å². The maximum absolute atomic E-state index is 13.3. The summed E-state index contributed by atoms with van der Waals surface area (Å²) in [6, 6.07) is 5.34. The summed E-state index contributed by atoms with van der Waals surface area (Å²) in [5.41, 5.74) is 2.05. The number of nitrogens with zero attached hydrogens (tertiary/aromatic N) is 2. The van der Waals surface area contributed by atoms with Crippen molar-refractivity contribution in [1.82, 2.24) is 4.90 Å². The van der Waals surface area contributed by atoms with Crippen LogP contribution in [0.25, 0.3) is 0 Å². The summed E-state index contributed by atoms with van der Waals surface area (Å²) in [5, 5.41) is 9.84. The van der Waals surface area contributed by atoms with Crippen LogP contribution >= 0.6 is 23.2 Å². The van der Waals surface area contributed by atoms with Gasteiger partial charge in [-0.15, -0.1) is 0 Å². The van der Waals surface area contributed by atoms with Gasteiger partial charge in [0.1, 0.15) is 0 Å². The second-order valence-electron chi connectivity index (χ2n) is 9.58. The number of carboxylic acids is 1. The molecule has 5 nitrogen and oxygen atoms in total. The van der Waals surface area contributed by atoms with Crippen LogP contribution in [0.15, 0.2) is 29.3 Å². The van der Waals surface area contributed by atoms with Crippen LogP contribution in [-0.2, 0) is 17.4 Å². The third kappa shape index (κ3) is 4.85. The number of halogens is 5. The second-order valence-corrected chi connectivity index (χ2v) is 10.4. The highest BCUT2D eigenvalue weighted by atomic mass is 35.5. The van der Waals surface area contributed by atoms with Crippen molar-refractivity contribution in [3.63, 3.8) is 0 Å². The molecular weight excluding hydrogens is 516 g/mol. The van der Waals surface area contributed by atoms with Gasteiger partial charge >= 0.3 is 12.1 Å². The Morgan fingerprint density at radius 3 is 2.50 bits per heavy atom. The Morgan fingerprint density at radius 1 is 1.19 bits per heavy atom. The first kappa shape index (κ1) is 26.5. The minimum absolute atomic E-state index is 0.166. The Balaban J connectivity index is 1.60. The Labute approximate surface area is 216 Å². The van der Waals surface area contributed by atoms with Gasteiger partial charge in [0.15, 0.2) is 0 Å². The SMILES string of the molecule is Cc1cc(C(F)(F)F)cc2c1N=C(Cc1c(Cl)ccc(C(=O)N3CCC(C(=O)O)C(C)C3)c1Cl)[C@H]2C. The van der Waals surface area contributed by atoms with E-state index in [2.05, 4.69) is 4.99 Å². The fourth-order valence-corrected chi connectivity index (χ4v) is 5.62. The van der Waals surface area contributed by atoms with Gasteiger partial charge in [0.25, 0.3) is 5.91 Å². The van der Waals surface area contributed by atoms with Crippen molar-refractivity contribution < 1.29 is 27.9 Å². The number of rotatable bonds is 4. The molecule has 0 aliphatic carbocycles. The Morgan fingerprint density at radius 2 is 1.89 bits per heavy atom. The number of hydrogen-bond acceptors (Lipinski definition) is 3. The van der Waals surface area contributed by atoms with Crippen molar-refractivity contribution in [3.8, 4) is 0 Å². The summed E-state index contributed by atoms with van der Waals surface area (Å²) in [4.78, 5) is 30.9. The van der Waals surface area contributed by atoms with Crippen LogP contribution in [0.5, 0.6) is 0 Å². The van der Waals surface area contributed by atoms with Crippen LogP contribution in [0, 0.1) is 18.8 Å². The molecule has 1 fully saturated rings. The largest absolute Gasteiger partial charge is 0.481 e. The van der Waals surface area contributed by atoms with Gasteiger partial charge in [0.2, 0.25) is 0 Å². The zero-order valence-corrected chi connectivity index (χ0v) is 21.4. The van der Waals surface area contributed by atoms with Gasteiger partial charge < -0.3 is 10.0 Å². The quantitative estimate of drug-likeness (QED) is 0.456. The first-order valence-corrected chi connectivity index (χ1v) is 12.3. The van der Waals surface area contributed by atoms with E-state index < -0.39 is 23.6 Å². The fourth-order valence-electron chi connectivity index (χ4n) is 5.04. The molecule has 0 spiro atoms. The summed E-state index contributed by atoms with van der Waals surface area (Å²) in [6.45, 7) is 5.78. The lowest BCUT2D eigenvalue weighted by Crippen LogP contribution is -2.45. The molecule has 2 aliphatic heterocycles. The maximum atomic E-state index is 13.3. The van der Waals surface area contributed by atoms with Crippen LogP contribution in [0.3, 0.4) is 0 Å². The number of carbonyl (C=O) groups is 2. The minimum Gasteiger partial charge on any atom is -0.481 e. The van der Waals surface area contributed by atoms with Crippen molar-refractivity contribution in [1.29, 1.82) is 0 Å². The van der Waals surface area contributed by atoms with Crippen molar-refractivity contribution >= 4 is 46.5 Å². The van der Waals surface area contributed by atoms with Crippen LogP contribution in [0.1, 0.15) is 58.8 Å². The van der Waals surface area contributed by atoms with Crippen LogP contribution < -0.4 is 0 Å². The lowest BCUT2D eigenvalue weighted by molar-refractivity contribution is -0.145. The normalized spacial score (nSPS) is 21.8. The van der Waals surface area contributed by atoms with Gasteiger partial charge in [-0.05, 0) is 60.2 Å². The number of carbonyl (C=O) groups excluding carboxylic acids is 1. The first-order valence-electron chi connectivity index (χ1n) is 11.6. The molecule has 1 amide bonds. The van der Waals surface area contributed by atoms with E-state index in [9.17, 15) is 27.9 Å². The lowest BCUT2D eigenvalue weighted by Gasteiger charge is -2.35. The molecule has 0 aromatic heterocycles. The molecule has 2 unspecified atom stereocenters. The molecule has 2 heterocycles. The summed E-state index contributed by atoms with van der Waals surface area (Å²) in [6.07, 6.45) is -3.93. The third-order valence-electron chi connectivity index (χ3n) is 7.16. The van der Waals surface area contributed by atoms with Crippen LogP contribution in [0.4, 0.5) is 18.9 Å². The molecule has 36 heavy (non-hydrogen) atoms. The standard InChI is InChI=1S/C26H25Cl2F3N2O3/c1-12-8-15(26(29,30)31)9-18-14(3)21(32-23(12)18)10-19-20(27)5-4-17(22(19)28)24(34)33-7-6-16(25(35)36)13(2)11-33/h4-5,8-9,13-14,16H,6-7,10-11H2,1-3H3,(H,35,36)/t13?,14-,16?/m0/s1. The smallest absolute Gasteiger partial charge is 0.416 e. The number of benzene rings is 2. The number of hydrogen-bond donors (Lipinski definition) is 1. The maximum Gasteiger partial charge on any atom is 0.416 e. The van der Waals surface area contributed by atoms with Crippen molar-refractivity contribution in [2.45, 2.75) is 45.7 Å². The van der Waals surface area contributed by atoms with E-state index in [-0.39, 0.29) is 34.7 Å². The summed E-state index contributed by atoms with van der Waals surface area (Å²) in [5.74, 6) is -2.28. The van der Waals surface area contributed by atoms with E-state index in [1.54, 1.807) is 37.8 Å². The van der Waals surface area contributed by atoms with Gasteiger partial charge in [-0.1, -0.05) is 37.0 Å². The zero-order chi connectivity index (χ0) is 26.5. The summed E-state index contributed by atoms with van der Waals surface area (Å²) >= 11 is 13.1. The number of piperidine rings is 1. The molecule has 2 aromatic rings. The molecule has 1 saturated heterocycles. The molecule has 0 radical (unpaired) electrons. The van der Waals surface area contributed by atoms with E-state index in [1.807, 2.05) is 0 Å². The lowest BCUT2D eigenvalue weighted by atomic mass is 9.86. The van der Waals surface area contributed by atoms with Gasteiger partial charge in [0, 0.05) is 36.2 Å². The fraction of sp³-hybridized carbons (Fsp3) is 0.423. The van der Waals surface area contributed by atoms with E-state index in [4.69, 9.17) is 23.2 Å². The average molecular weight is 541 g/mol. The number of amides is 1. The highest BCUT2D eigenvalue weighted by molar-refractivity contribution is 6.38. The Bertz CT molecular complexity index is 1280. The number of likely N-dealkylation sites (tertiary alicyclic amines) is 1. The Kier molecular flexibility index (Phi) is 7.14. The number of aliphatic imine (C=N–C) groups is 1. The number of alkyl halides is 3. The third-order valence-corrected chi connectivity index (χ3v) is 7.95. The zero-order valence-electron chi connectivity index (χ0n) is 19.9. The van der Waals surface area contributed by atoms with Gasteiger partial charge in [0.05, 0.1) is 27.8 Å². The van der Waals surface area contributed by atoms with Gasteiger partial charge in [-0.3, -0.25) is 14.6 Å². The number of aliphatic carboxylic acids is 1. The molecule has 4 rings (SSSR count). The molecule has 2 aromatic carbocycles. The second kappa shape index (κ2) is 9.71. The van der Waals surface area contributed by atoms with Crippen molar-refractivity contribution in [2.75, 3.05) is 13.1 Å². The molecule has 2 aliphatic rings. The van der Waals surface area contributed by atoms with E-state index >= 15 is 0 Å². The van der Waals surface area contributed by atoms with Crippen LogP contribution in [0.2, 0.25) is 10.0 Å². The number of fused-ring (bicyclic) bond motifs is 1. The van der Waals surface area contributed by atoms with E-state index in [0.717, 1.165) is 12.1 Å². The molecular formula is C26H25Cl2F3N2O3. The predicted molar refractivity (Wildman–Crippen MR) is 133 cm³/mol. The average Bonchev–Trinajstić information content (AvgIpc) is 3.11. The van der Waals surface area contributed by atoms with Crippen LogP contribution in [-0.4, -0.2) is 40.7 Å². The molecule has 1 N–H and O–H groups in total. The highest BCUT2D eigenvalue weighted by Crippen LogP contribution is 2.43. The minimum atomic E-state index is -4.46. The predicted octanol–water partition coefficient (Wildman–Crippen LogP) is 6.94. The molecule has 10 heteroatoms. The molecule has 0 saturated carbocycles. The topological polar surface area (TPSA) is 70.0 Å². The van der Waals surface area contributed by atoms with E-state index in [0.29, 0.717) is 52.6 Å². The molecule has 0 bridgehead atoms. The molecule has 192 valence electrons. The summed E-state index contributed by atoms with van der Waals surface area (Å²) in [7, 11) is 0. The highest BCUT2D eigenvalue weighted by Gasteiger charge is 2.36. The van der Waals surface area contributed by atoms with Crippen molar-refractivity contribution in [2.24, 2.45) is 16.8 Å². The monoisotopic (exact) mass is 540 g/mol. The first-order chi connectivity index (χ1) is 16.8.